The lowest BCUT2D eigenvalue weighted by Gasteiger charge is -2.45. The second-order valence-electron chi connectivity index (χ2n) is 11.1. The molecule has 2 saturated carbocycles. The lowest BCUT2D eigenvalue weighted by molar-refractivity contribution is -0.155. The lowest BCUT2D eigenvalue weighted by Crippen LogP contribution is -2.41. The molecule has 2 unspecified atom stereocenters. The number of esters is 1. The van der Waals surface area contributed by atoms with Crippen molar-refractivity contribution in [2.75, 3.05) is 0 Å². The van der Waals surface area contributed by atoms with Gasteiger partial charge in [0.15, 0.2) is 5.60 Å². The van der Waals surface area contributed by atoms with Crippen molar-refractivity contribution in [2.24, 2.45) is 28.6 Å². The molecule has 0 aromatic heterocycles. The average molecular weight is 381 g/mol. The first-order chi connectivity index (χ1) is 12.5. The van der Waals surface area contributed by atoms with Crippen LogP contribution in [0.25, 0.3) is 0 Å². The third-order valence-electron chi connectivity index (χ3n) is 7.88. The second-order valence-corrected chi connectivity index (χ2v) is 11.1. The van der Waals surface area contributed by atoms with E-state index in [-0.39, 0.29) is 17.5 Å². The minimum Gasteiger partial charge on any atom is -0.433 e. The summed E-state index contributed by atoms with van der Waals surface area (Å²) in [5.41, 5.74) is -0.710. The Morgan fingerprint density at radius 2 is 1.93 bits per heavy atom. The van der Waals surface area contributed by atoms with Crippen LogP contribution in [0, 0.1) is 28.6 Å². The Kier molecular flexibility index (Phi) is 5.73. The van der Waals surface area contributed by atoms with Crippen LogP contribution in [-0.2, 0) is 14.3 Å². The van der Waals surface area contributed by atoms with Crippen molar-refractivity contribution in [1.29, 1.82) is 0 Å². The molecule has 2 aliphatic carbocycles. The molecule has 0 radical (unpaired) electrons. The quantitative estimate of drug-likeness (QED) is 0.676. The summed E-state index contributed by atoms with van der Waals surface area (Å²) in [7, 11) is 0. The first kappa shape index (κ1) is 21.1. The van der Waals surface area contributed by atoms with Crippen molar-refractivity contribution in [3.8, 4) is 0 Å². The van der Waals surface area contributed by atoms with Crippen LogP contribution in [0.2, 0.25) is 0 Å². The van der Waals surface area contributed by atoms with E-state index in [1.165, 1.54) is 19.3 Å². The van der Waals surface area contributed by atoms with E-state index in [2.05, 4.69) is 13.8 Å². The van der Waals surface area contributed by atoms with E-state index >= 15 is 0 Å². The Morgan fingerprint density at radius 1 is 1.22 bits per heavy atom. The number of aliphatic hydroxyl groups excluding tert-OH is 1. The standard InChI is InChI=1S/C23H40O4/c1-15(16-11-12-17-18(24)10-8-13-22(16,17)5)9-7-14-23(6)19(25)26-20(27-23)21(2,3)4/h15-18,20,24H,7-14H2,1-6H3/t15?,16-,17?,18-,20-,22-,23-/m1/s1. The summed E-state index contributed by atoms with van der Waals surface area (Å²) >= 11 is 0. The van der Waals surface area contributed by atoms with Gasteiger partial charge in [-0.1, -0.05) is 47.5 Å². The fraction of sp³-hybridized carbons (Fsp3) is 0.957. The molecule has 3 fully saturated rings. The Balaban J connectivity index is 1.54. The van der Waals surface area contributed by atoms with Gasteiger partial charge in [0.2, 0.25) is 6.29 Å². The minimum atomic E-state index is -0.805. The number of hydrogen-bond donors (Lipinski definition) is 1. The SMILES string of the molecule is CC(CCC[C@@]1(C)O[C@H](C(C)(C)C)OC1=O)[C@H]1CCC2[C@H](O)CCC[C@@]21C. The zero-order chi connectivity index (χ0) is 20.0. The molecule has 0 aromatic rings. The van der Waals surface area contributed by atoms with Gasteiger partial charge < -0.3 is 14.6 Å². The molecule has 4 nitrogen and oxygen atoms in total. The second kappa shape index (κ2) is 7.33. The molecule has 7 atom stereocenters. The molecule has 3 rings (SSSR count). The van der Waals surface area contributed by atoms with Crippen molar-refractivity contribution in [1.82, 2.24) is 0 Å². The van der Waals surface area contributed by atoms with Crippen LogP contribution in [-0.4, -0.2) is 29.1 Å². The summed E-state index contributed by atoms with van der Waals surface area (Å²) in [6.07, 6.45) is 8.05. The molecular formula is C23H40O4. The van der Waals surface area contributed by atoms with E-state index in [4.69, 9.17) is 9.47 Å². The van der Waals surface area contributed by atoms with Gasteiger partial charge in [0.25, 0.3) is 0 Å². The van der Waals surface area contributed by atoms with Crippen LogP contribution < -0.4 is 0 Å². The fourth-order valence-corrected chi connectivity index (χ4v) is 6.13. The lowest BCUT2D eigenvalue weighted by atomic mass is 9.61. The summed E-state index contributed by atoms with van der Waals surface area (Å²) in [6.45, 7) is 12.8. The maximum absolute atomic E-state index is 12.4. The summed E-state index contributed by atoms with van der Waals surface area (Å²) in [5, 5.41) is 10.4. The maximum Gasteiger partial charge on any atom is 0.340 e. The Morgan fingerprint density at radius 3 is 2.56 bits per heavy atom. The van der Waals surface area contributed by atoms with Gasteiger partial charge in [0.05, 0.1) is 6.10 Å². The van der Waals surface area contributed by atoms with Crippen LogP contribution in [0.15, 0.2) is 0 Å². The van der Waals surface area contributed by atoms with Crippen molar-refractivity contribution < 1.29 is 19.4 Å². The highest BCUT2D eigenvalue weighted by Gasteiger charge is 2.53. The third-order valence-corrected chi connectivity index (χ3v) is 7.88. The molecule has 1 saturated heterocycles. The van der Waals surface area contributed by atoms with Crippen LogP contribution in [0.1, 0.15) is 92.9 Å². The molecule has 3 aliphatic rings. The summed E-state index contributed by atoms with van der Waals surface area (Å²) in [6, 6.07) is 0. The van der Waals surface area contributed by atoms with Crippen LogP contribution in [0.5, 0.6) is 0 Å². The molecule has 0 amide bonds. The number of rotatable bonds is 5. The highest BCUT2D eigenvalue weighted by molar-refractivity contribution is 5.80. The number of ether oxygens (including phenoxy) is 2. The largest absolute Gasteiger partial charge is 0.433 e. The van der Waals surface area contributed by atoms with Crippen molar-refractivity contribution in [3.63, 3.8) is 0 Å². The monoisotopic (exact) mass is 380 g/mol. The van der Waals surface area contributed by atoms with Crippen molar-refractivity contribution in [3.05, 3.63) is 0 Å². The number of cyclic esters (lactones) is 1. The molecule has 27 heavy (non-hydrogen) atoms. The zero-order valence-electron chi connectivity index (χ0n) is 18.2. The van der Waals surface area contributed by atoms with Gasteiger partial charge >= 0.3 is 5.97 Å². The van der Waals surface area contributed by atoms with E-state index in [9.17, 15) is 9.90 Å². The van der Waals surface area contributed by atoms with Gasteiger partial charge in [-0.25, -0.2) is 4.79 Å². The van der Waals surface area contributed by atoms with E-state index in [0.717, 1.165) is 32.1 Å². The van der Waals surface area contributed by atoms with Gasteiger partial charge in [0.1, 0.15) is 0 Å². The number of carbonyl (C=O) groups excluding carboxylic acids is 1. The maximum atomic E-state index is 12.4. The molecular weight excluding hydrogens is 340 g/mol. The van der Waals surface area contributed by atoms with E-state index in [1.54, 1.807) is 0 Å². The zero-order valence-corrected chi connectivity index (χ0v) is 18.2. The molecule has 0 aromatic carbocycles. The number of fused-ring (bicyclic) bond motifs is 1. The fourth-order valence-electron chi connectivity index (χ4n) is 6.13. The number of aliphatic hydroxyl groups is 1. The Bertz CT molecular complexity index is 553. The molecule has 1 N–H and O–H groups in total. The van der Waals surface area contributed by atoms with Gasteiger partial charge in [-0.3, -0.25) is 0 Å². The predicted molar refractivity (Wildman–Crippen MR) is 106 cm³/mol. The topological polar surface area (TPSA) is 55.8 Å². The first-order valence-corrected chi connectivity index (χ1v) is 11.0. The van der Waals surface area contributed by atoms with E-state index in [0.29, 0.717) is 23.2 Å². The minimum absolute atomic E-state index is 0.101. The number of hydrogen-bond acceptors (Lipinski definition) is 4. The van der Waals surface area contributed by atoms with E-state index in [1.807, 2.05) is 27.7 Å². The Labute approximate surface area is 165 Å². The van der Waals surface area contributed by atoms with Gasteiger partial charge in [-0.15, -0.1) is 0 Å². The molecule has 1 heterocycles. The molecule has 0 bridgehead atoms. The smallest absolute Gasteiger partial charge is 0.340 e. The highest BCUT2D eigenvalue weighted by atomic mass is 16.8. The van der Waals surface area contributed by atoms with Crippen molar-refractivity contribution >= 4 is 5.97 Å². The third kappa shape index (κ3) is 3.94. The molecule has 156 valence electrons. The normalized spacial score (nSPS) is 43.4. The van der Waals surface area contributed by atoms with Gasteiger partial charge in [-0.2, -0.15) is 0 Å². The van der Waals surface area contributed by atoms with Gasteiger partial charge in [-0.05, 0) is 68.6 Å². The van der Waals surface area contributed by atoms with Crippen LogP contribution in [0.4, 0.5) is 0 Å². The van der Waals surface area contributed by atoms with Crippen LogP contribution in [0.3, 0.4) is 0 Å². The number of carbonyl (C=O) groups is 1. The predicted octanol–water partition coefficient (Wildman–Crippen LogP) is 5.07. The average Bonchev–Trinajstić information content (AvgIpc) is 3.06. The summed E-state index contributed by atoms with van der Waals surface area (Å²) in [5.74, 6) is 1.57. The van der Waals surface area contributed by atoms with Crippen molar-refractivity contribution in [2.45, 2.75) is 111 Å². The summed E-state index contributed by atoms with van der Waals surface area (Å²) in [4.78, 5) is 12.4. The highest BCUT2D eigenvalue weighted by Crippen LogP contribution is 2.58. The van der Waals surface area contributed by atoms with Gasteiger partial charge in [0, 0.05) is 5.41 Å². The first-order valence-electron chi connectivity index (χ1n) is 11.0. The molecule has 0 spiro atoms. The van der Waals surface area contributed by atoms with Crippen LogP contribution >= 0.6 is 0 Å². The molecule has 1 aliphatic heterocycles. The Hall–Kier alpha value is -0.610. The van der Waals surface area contributed by atoms with E-state index < -0.39 is 11.9 Å². The molecule has 4 heteroatoms. The summed E-state index contributed by atoms with van der Waals surface area (Å²) < 4.78 is 11.6.